The van der Waals surface area contributed by atoms with Crippen LogP contribution < -0.4 is 0 Å². The zero-order chi connectivity index (χ0) is 18.6. The Morgan fingerprint density at radius 3 is 2.08 bits per heavy atom. The van der Waals surface area contributed by atoms with Crippen molar-refractivity contribution in [2.45, 2.75) is 59.3 Å². The third-order valence-electron chi connectivity index (χ3n) is 4.53. The van der Waals surface area contributed by atoms with E-state index in [1.165, 1.54) is 10.4 Å². The molecule has 25 heavy (non-hydrogen) atoms. The number of aromatic nitrogens is 2. The van der Waals surface area contributed by atoms with Crippen LogP contribution in [0.25, 0.3) is 16.2 Å². The van der Waals surface area contributed by atoms with Gasteiger partial charge >= 0.3 is 0 Å². The minimum atomic E-state index is -0.163. The van der Waals surface area contributed by atoms with Crippen molar-refractivity contribution < 1.29 is 4.79 Å². The maximum atomic E-state index is 11.9. The second-order valence-electron chi connectivity index (χ2n) is 8.67. The highest BCUT2D eigenvalue weighted by Crippen LogP contribution is 2.36. The lowest BCUT2D eigenvalue weighted by atomic mass is 9.86. The first-order valence-electron chi connectivity index (χ1n) is 8.62. The Labute approximate surface area is 153 Å². The van der Waals surface area contributed by atoms with Crippen LogP contribution in [0.2, 0.25) is 0 Å². The molecule has 0 aliphatic rings. The van der Waals surface area contributed by atoms with Crippen molar-refractivity contribution in [2.24, 2.45) is 0 Å². The van der Waals surface area contributed by atoms with E-state index in [-0.39, 0.29) is 10.8 Å². The van der Waals surface area contributed by atoms with Crippen molar-refractivity contribution in [3.63, 3.8) is 0 Å². The smallest absolute Gasteiger partial charge is 0.195 e. The third-order valence-corrected chi connectivity index (χ3v) is 5.49. The number of imidazole rings is 1. The quantitative estimate of drug-likeness (QED) is 0.547. The first kappa shape index (κ1) is 17.9. The summed E-state index contributed by atoms with van der Waals surface area (Å²) in [7, 11) is 0. The standard InChI is InChI=1S/C21H26N2OS/c1-13-17(14-8-10-15(11-9-14)20(2,3)4)23-16(12-24)18(21(5,6)7)22-19(23)25-13/h8-12H,1-7H3. The second kappa shape index (κ2) is 5.80. The van der Waals surface area contributed by atoms with Crippen LogP contribution in [0.4, 0.5) is 0 Å². The van der Waals surface area contributed by atoms with Crippen molar-refractivity contribution in [3.8, 4) is 11.3 Å². The van der Waals surface area contributed by atoms with Gasteiger partial charge in [0.2, 0.25) is 0 Å². The van der Waals surface area contributed by atoms with Crippen molar-refractivity contribution in [3.05, 3.63) is 46.1 Å². The van der Waals surface area contributed by atoms with E-state index in [2.05, 4.69) is 72.7 Å². The van der Waals surface area contributed by atoms with Crippen molar-refractivity contribution in [1.82, 2.24) is 9.38 Å². The summed E-state index contributed by atoms with van der Waals surface area (Å²) in [6.07, 6.45) is 0.944. The molecule has 132 valence electrons. The lowest BCUT2D eigenvalue weighted by Crippen LogP contribution is -2.15. The summed E-state index contributed by atoms with van der Waals surface area (Å²) in [4.78, 5) is 18.7. The number of hydrogen-bond acceptors (Lipinski definition) is 3. The molecule has 0 aliphatic carbocycles. The van der Waals surface area contributed by atoms with E-state index < -0.39 is 0 Å². The highest BCUT2D eigenvalue weighted by molar-refractivity contribution is 7.17. The van der Waals surface area contributed by atoms with E-state index in [9.17, 15) is 4.79 Å². The fourth-order valence-corrected chi connectivity index (χ4v) is 4.16. The Kier molecular flexibility index (Phi) is 4.15. The van der Waals surface area contributed by atoms with Crippen molar-refractivity contribution in [2.75, 3.05) is 0 Å². The van der Waals surface area contributed by atoms with Crippen molar-refractivity contribution >= 4 is 22.6 Å². The zero-order valence-electron chi connectivity index (χ0n) is 16.1. The number of hydrogen-bond donors (Lipinski definition) is 0. The van der Waals surface area contributed by atoms with Gasteiger partial charge in [-0.05, 0) is 23.5 Å². The van der Waals surface area contributed by atoms with E-state index in [0.717, 1.165) is 28.2 Å². The molecule has 0 bridgehead atoms. The number of aldehydes is 1. The number of carbonyl (C=O) groups is 1. The van der Waals surface area contributed by atoms with Crippen LogP contribution in [0.15, 0.2) is 24.3 Å². The van der Waals surface area contributed by atoms with Crippen LogP contribution in [-0.2, 0) is 10.8 Å². The zero-order valence-corrected chi connectivity index (χ0v) is 16.9. The van der Waals surface area contributed by atoms with Crippen LogP contribution in [0.5, 0.6) is 0 Å². The number of thiazole rings is 1. The van der Waals surface area contributed by atoms with Gasteiger partial charge in [-0.15, -0.1) is 11.3 Å². The topological polar surface area (TPSA) is 34.4 Å². The van der Waals surface area contributed by atoms with E-state index in [0.29, 0.717) is 5.69 Å². The van der Waals surface area contributed by atoms with E-state index in [1.54, 1.807) is 11.3 Å². The Morgan fingerprint density at radius 1 is 1.00 bits per heavy atom. The van der Waals surface area contributed by atoms with Crippen LogP contribution in [0.1, 0.15) is 68.2 Å². The molecule has 4 heteroatoms. The summed E-state index contributed by atoms with van der Waals surface area (Å²) in [6, 6.07) is 8.67. The maximum Gasteiger partial charge on any atom is 0.195 e. The molecule has 0 unspecified atom stereocenters. The summed E-state index contributed by atoms with van der Waals surface area (Å²) in [6.45, 7) is 15.0. The van der Waals surface area contributed by atoms with Gasteiger partial charge in [-0.2, -0.15) is 0 Å². The minimum absolute atomic E-state index is 0.125. The lowest BCUT2D eigenvalue weighted by Gasteiger charge is -2.19. The highest BCUT2D eigenvalue weighted by atomic mass is 32.1. The van der Waals surface area contributed by atoms with E-state index in [1.807, 2.05) is 4.40 Å². The molecule has 3 nitrogen and oxygen atoms in total. The Balaban J connectivity index is 2.24. The average molecular weight is 355 g/mol. The largest absolute Gasteiger partial charge is 0.296 e. The SMILES string of the molecule is Cc1sc2nc(C(C)(C)C)c(C=O)n2c1-c1ccc(C(C)(C)C)cc1. The second-order valence-corrected chi connectivity index (χ2v) is 9.85. The number of carbonyl (C=O) groups excluding carboxylic acids is 1. The summed E-state index contributed by atoms with van der Waals surface area (Å²) in [5.74, 6) is 0. The molecule has 3 rings (SSSR count). The predicted octanol–water partition coefficient (Wildman–Crippen LogP) is 5.78. The molecule has 0 spiro atoms. The number of benzene rings is 1. The normalized spacial score (nSPS) is 12.8. The first-order valence-corrected chi connectivity index (χ1v) is 9.44. The summed E-state index contributed by atoms with van der Waals surface area (Å²) >= 11 is 1.64. The Hall–Kier alpha value is -1.94. The van der Waals surface area contributed by atoms with Crippen LogP contribution in [0, 0.1) is 6.92 Å². The summed E-state index contributed by atoms with van der Waals surface area (Å²) in [5, 5.41) is 0. The monoisotopic (exact) mass is 354 g/mol. The van der Waals surface area contributed by atoms with E-state index >= 15 is 0 Å². The molecule has 0 fully saturated rings. The fraction of sp³-hybridized carbons (Fsp3) is 0.429. The molecular formula is C21H26N2OS. The molecule has 0 N–H and O–H groups in total. The van der Waals surface area contributed by atoms with Gasteiger partial charge < -0.3 is 0 Å². The number of aryl methyl sites for hydroxylation is 1. The van der Waals surface area contributed by atoms with E-state index in [4.69, 9.17) is 4.98 Å². The van der Waals surface area contributed by atoms with Crippen LogP contribution in [0.3, 0.4) is 0 Å². The molecule has 2 aromatic heterocycles. The number of rotatable bonds is 2. The van der Waals surface area contributed by atoms with Crippen LogP contribution in [-0.4, -0.2) is 15.7 Å². The maximum absolute atomic E-state index is 11.9. The number of fused-ring (bicyclic) bond motifs is 1. The Bertz CT molecular complexity index is 932. The van der Waals surface area contributed by atoms with Crippen LogP contribution >= 0.6 is 11.3 Å². The molecule has 1 aromatic carbocycles. The molecule has 0 radical (unpaired) electrons. The molecular weight excluding hydrogens is 328 g/mol. The number of nitrogens with zero attached hydrogens (tertiary/aromatic N) is 2. The molecule has 3 aromatic rings. The van der Waals surface area contributed by atoms with Gasteiger partial charge in [-0.3, -0.25) is 9.20 Å². The van der Waals surface area contributed by atoms with Gasteiger partial charge in [0.1, 0.15) is 5.69 Å². The van der Waals surface area contributed by atoms with Gasteiger partial charge in [0.25, 0.3) is 0 Å². The summed E-state index contributed by atoms with van der Waals surface area (Å²) in [5.41, 5.74) is 4.99. The molecule has 0 saturated heterocycles. The van der Waals surface area contributed by atoms with Gasteiger partial charge in [0, 0.05) is 10.3 Å². The molecule has 0 atom stereocenters. The fourth-order valence-electron chi connectivity index (χ4n) is 3.16. The first-order chi connectivity index (χ1) is 11.5. The third kappa shape index (κ3) is 3.04. The highest BCUT2D eigenvalue weighted by Gasteiger charge is 2.27. The molecule has 0 aliphatic heterocycles. The van der Waals surface area contributed by atoms with Gasteiger partial charge in [0.05, 0.1) is 11.4 Å². The average Bonchev–Trinajstić information content (AvgIpc) is 3.00. The minimum Gasteiger partial charge on any atom is -0.296 e. The molecule has 2 heterocycles. The van der Waals surface area contributed by atoms with Gasteiger partial charge in [-0.25, -0.2) is 4.98 Å². The molecule has 0 saturated carbocycles. The van der Waals surface area contributed by atoms with Gasteiger partial charge in [-0.1, -0.05) is 65.8 Å². The summed E-state index contributed by atoms with van der Waals surface area (Å²) < 4.78 is 2.03. The van der Waals surface area contributed by atoms with Gasteiger partial charge in [0.15, 0.2) is 11.2 Å². The van der Waals surface area contributed by atoms with Crippen molar-refractivity contribution in [1.29, 1.82) is 0 Å². The Morgan fingerprint density at radius 2 is 1.60 bits per heavy atom. The predicted molar refractivity (Wildman–Crippen MR) is 106 cm³/mol. The molecule has 0 amide bonds. The lowest BCUT2D eigenvalue weighted by molar-refractivity contribution is 0.111.